The van der Waals surface area contributed by atoms with Crippen molar-refractivity contribution in [1.29, 1.82) is 0 Å². The number of benzene rings is 1. The van der Waals surface area contributed by atoms with Crippen molar-refractivity contribution < 1.29 is 14.4 Å². The summed E-state index contributed by atoms with van der Waals surface area (Å²) in [5, 5.41) is 15.9. The van der Waals surface area contributed by atoms with Gasteiger partial charge in [0.05, 0.1) is 18.8 Å². The summed E-state index contributed by atoms with van der Waals surface area (Å²) >= 11 is 1.55. The summed E-state index contributed by atoms with van der Waals surface area (Å²) in [6, 6.07) is 9.93. The van der Waals surface area contributed by atoms with E-state index >= 15 is 0 Å². The summed E-state index contributed by atoms with van der Waals surface area (Å²) < 4.78 is 0. The molecule has 4 rings (SSSR count). The summed E-state index contributed by atoms with van der Waals surface area (Å²) in [6.45, 7) is 0.514. The van der Waals surface area contributed by atoms with E-state index in [0.29, 0.717) is 11.4 Å². The Morgan fingerprint density at radius 2 is 1.97 bits per heavy atom. The first kappa shape index (κ1) is 18.6. The summed E-state index contributed by atoms with van der Waals surface area (Å²) in [6.07, 6.45) is 3.15. The van der Waals surface area contributed by atoms with Crippen molar-refractivity contribution in [2.24, 2.45) is 0 Å². The van der Waals surface area contributed by atoms with Crippen LogP contribution in [0, 0.1) is 0 Å². The van der Waals surface area contributed by atoms with Crippen LogP contribution in [0.4, 0.5) is 10.6 Å². The zero-order valence-corrected chi connectivity index (χ0v) is 16.0. The van der Waals surface area contributed by atoms with Crippen LogP contribution in [0.15, 0.2) is 53.2 Å². The van der Waals surface area contributed by atoms with Crippen molar-refractivity contribution in [2.45, 2.75) is 13.1 Å². The van der Waals surface area contributed by atoms with Crippen LogP contribution in [0.3, 0.4) is 0 Å². The van der Waals surface area contributed by atoms with Gasteiger partial charge in [-0.25, -0.2) is 4.79 Å². The fourth-order valence-electron chi connectivity index (χ4n) is 2.92. The highest BCUT2D eigenvalue weighted by Crippen LogP contribution is 2.27. The van der Waals surface area contributed by atoms with Crippen molar-refractivity contribution in [3.8, 4) is 0 Å². The lowest BCUT2D eigenvalue weighted by molar-refractivity contribution is -0.111. The normalized spacial score (nSPS) is 12.8. The van der Waals surface area contributed by atoms with E-state index in [0.717, 1.165) is 16.8 Å². The Kier molecular flexibility index (Phi) is 5.21. The Morgan fingerprint density at radius 3 is 2.72 bits per heavy atom. The number of aromatic amines is 1. The van der Waals surface area contributed by atoms with Gasteiger partial charge in [0.15, 0.2) is 5.82 Å². The molecule has 8 nitrogen and oxygen atoms in total. The number of aromatic nitrogens is 2. The van der Waals surface area contributed by atoms with Gasteiger partial charge < -0.3 is 10.2 Å². The molecule has 4 amide bonds. The molecule has 0 spiro atoms. The van der Waals surface area contributed by atoms with Gasteiger partial charge in [0, 0.05) is 17.2 Å². The number of rotatable bonds is 4. The van der Waals surface area contributed by atoms with Crippen molar-refractivity contribution >= 4 is 41.1 Å². The number of hydrogen-bond donors (Lipinski definition) is 3. The van der Waals surface area contributed by atoms with Crippen molar-refractivity contribution in [1.82, 2.24) is 20.4 Å². The molecule has 0 radical (unpaired) electrons. The number of fused-ring (bicyclic) bond motifs is 1. The minimum Gasteiger partial charge on any atom is -0.314 e. The quantitative estimate of drug-likeness (QED) is 0.578. The minimum atomic E-state index is -0.502. The second-order valence-corrected chi connectivity index (χ2v) is 7.17. The van der Waals surface area contributed by atoms with E-state index in [-0.39, 0.29) is 19.0 Å². The van der Waals surface area contributed by atoms with Gasteiger partial charge in [0.2, 0.25) is 5.91 Å². The maximum Gasteiger partial charge on any atom is 0.324 e. The number of nitrogens with one attached hydrogen (secondary N) is 3. The van der Waals surface area contributed by atoms with Gasteiger partial charge in [-0.2, -0.15) is 16.4 Å². The molecule has 3 heterocycles. The molecule has 0 atom stereocenters. The first-order chi connectivity index (χ1) is 14.1. The maximum atomic E-state index is 12.4. The fraction of sp³-hybridized carbons (Fsp3) is 0.100. The third-order valence-corrected chi connectivity index (χ3v) is 5.11. The average Bonchev–Trinajstić information content (AvgIpc) is 3.46. The average molecular weight is 407 g/mol. The number of hydrogen-bond acceptors (Lipinski definition) is 5. The summed E-state index contributed by atoms with van der Waals surface area (Å²) in [7, 11) is 0. The predicted molar refractivity (Wildman–Crippen MR) is 109 cm³/mol. The van der Waals surface area contributed by atoms with Gasteiger partial charge in [-0.1, -0.05) is 18.2 Å². The van der Waals surface area contributed by atoms with E-state index in [1.54, 1.807) is 47.7 Å². The molecule has 1 aromatic carbocycles. The number of amides is 4. The number of carbonyl (C=O) groups excluding carboxylic acids is 3. The minimum absolute atomic E-state index is 0.240. The summed E-state index contributed by atoms with van der Waals surface area (Å²) in [5.74, 6) is -0.395. The lowest BCUT2D eigenvalue weighted by atomic mass is 10.2. The predicted octanol–water partition coefficient (Wildman–Crippen LogP) is 2.99. The lowest BCUT2D eigenvalue weighted by Crippen LogP contribution is -2.40. The molecule has 1 aliphatic rings. The molecule has 146 valence electrons. The Morgan fingerprint density at radius 1 is 1.14 bits per heavy atom. The van der Waals surface area contributed by atoms with E-state index in [4.69, 9.17) is 0 Å². The number of urea groups is 1. The number of carbonyl (C=O) groups is 3. The zero-order valence-electron chi connectivity index (χ0n) is 15.2. The van der Waals surface area contributed by atoms with Crippen LogP contribution in [-0.4, -0.2) is 32.9 Å². The van der Waals surface area contributed by atoms with Gasteiger partial charge in [-0.05, 0) is 40.6 Å². The molecule has 29 heavy (non-hydrogen) atoms. The molecule has 0 saturated carbocycles. The molecule has 0 unspecified atom stereocenters. The molecular weight excluding hydrogens is 390 g/mol. The molecular formula is C20H17N5O3S. The van der Waals surface area contributed by atoms with Gasteiger partial charge in [-0.15, -0.1) is 0 Å². The van der Waals surface area contributed by atoms with Crippen molar-refractivity contribution in [3.63, 3.8) is 0 Å². The Labute approximate surface area is 170 Å². The lowest BCUT2D eigenvalue weighted by Gasteiger charge is -2.16. The van der Waals surface area contributed by atoms with E-state index < -0.39 is 11.9 Å². The second-order valence-electron chi connectivity index (χ2n) is 6.39. The Bertz CT molecular complexity index is 1070. The highest BCUT2D eigenvalue weighted by atomic mass is 32.1. The number of nitrogens with zero attached hydrogens (tertiary/aromatic N) is 2. The number of imide groups is 1. The molecule has 0 aliphatic carbocycles. The first-order valence-electron chi connectivity index (χ1n) is 8.83. The van der Waals surface area contributed by atoms with Gasteiger partial charge in [0.1, 0.15) is 0 Å². The largest absolute Gasteiger partial charge is 0.324 e. The van der Waals surface area contributed by atoms with Crippen molar-refractivity contribution in [2.75, 3.05) is 5.32 Å². The Balaban J connectivity index is 1.36. The highest BCUT2D eigenvalue weighted by molar-refractivity contribution is 7.08. The second kappa shape index (κ2) is 8.11. The number of thiophene rings is 1. The van der Waals surface area contributed by atoms with E-state index in [1.807, 2.05) is 16.8 Å². The van der Waals surface area contributed by atoms with Gasteiger partial charge in [-0.3, -0.25) is 20.0 Å². The van der Waals surface area contributed by atoms with Crippen LogP contribution in [0.25, 0.3) is 6.08 Å². The molecule has 9 heteroatoms. The van der Waals surface area contributed by atoms with Gasteiger partial charge >= 0.3 is 6.03 Å². The molecule has 0 bridgehead atoms. The van der Waals surface area contributed by atoms with E-state index in [1.165, 1.54) is 11.0 Å². The van der Waals surface area contributed by atoms with Crippen molar-refractivity contribution in [3.05, 3.63) is 75.6 Å². The molecule has 3 aromatic rings. The fourth-order valence-corrected chi connectivity index (χ4v) is 3.55. The third kappa shape index (κ3) is 4.25. The third-order valence-electron chi connectivity index (χ3n) is 4.41. The summed E-state index contributed by atoms with van der Waals surface area (Å²) in [4.78, 5) is 38.2. The van der Waals surface area contributed by atoms with Crippen LogP contribution in [-0.2, 0) is 17.9 Å². The van der Waals surface area contributed by atoms with Crippen LogP contribution < -0.4 is 10.6 Å². The monoisotopic (exact) mass is 407 g/mol. The van der Waals surface area contributed by atoms with E-state index in [9.17, 15) is 14.4 Å². The highest BCUT2D eigenvalue weighted by Gasteiger charge is 2.29. The number of anilines is 1. The number of H-pyrrole nitrogens is 1. The van der Waals surface area contributed by atoms with Crippen LogP contribution in [0.2, 0.25) is 0 Å². The van der Waals surface area contributed by atoms with Gasteiger partial charge in [0.25, 0.3) is 5.91 Å². The van der Waals surface area contributed by atoms with Crippen LogP contribution in [0.5, 0.6) is 0 Å². The maximum absolute atomic E-state index is 12.4. The SMILES string of the molecule is O=C(C=Cc1ccsc1)Nc1n[nH]c2c1CN(C(=O)NC(=O)c1ccccc1)C2. The smallest absolute Gasteiger partial charge is 0.314 e. The molecule has 0 saturated heterocycles. The first-order valence-corrected chi connectivity index (χ1v) is 9.77. The molecule has 2 aromatic heterocycles. The van der Waals surface area contributed by atoms with E-state index in [2.05, 4.69) is 20.8 Å². The molecule has 0 fully saturated rings. The topological polar surface area (TPSA) is 107 Å². The van der Waals surface area contributed by atoms with Crippen LogP contribution in [0.1, 0.15) is 27.2 Å². The van der Waals surface area contributed by atoms with Crippen LogP contribution >= 0.6 is 11.3 Å². The Hall–Kier alpha value is -3.72. The summed E-state index contributed by atoms with van der Waals surface area (Å²) in [5.41, 5.74) is 2.81. The molecule has 3 N–H and O–H groups in total. The molecule has 1 aliphatic heterocycles. The zero-order chi connectivity index (χ0) is 20.2. The standard InChI is InChI=1S/C20H17N5O3S/c26-17(7-6-13-8-9-29-12-13)21-18-15-10-25(11-16(15)23-24-18)20(28)22-19(27)14-4-2-1-3-5-14/h1-9,12H,10-11H2,(H,22,27,28)(H2,21,23,24,26).